The average molecular weight is 669 g/mol. The molecule has 10 heteroatoms. The molecule has 248 valence electrons. The van der Waals surface area contributed by atoms with Crippen molar-refractivity contribution in [2.75, 3.05) is 37.8 Å². The van der Waals surface area contributed by atoms with Crippen molar-refractivity contribution in [3.8, 4) is 5.75 Å². The number of rotatable bonds is 1. The number of esters is 1. The monoisotopic (exact) mass is 668 g/mol. The lowest BCUT2D eigenvalue weighted by molar-refractivity contribution is -0.215. The zero-order valence-electron chi connectivity index (χ0n) is 26.7. The van der Waals surface area contributed by atoms with E-state index in [2.05, 4.69) is 27.6 Å². The van der Waals surface area contributed by atoms with Crippen molar-refractivity contribution in [1.29, 1.82) is 0 Å². The van der Waals surface area contributed by atoms with E-state index in [4.69, 9.17) is 25.8 Å². The highest BCUT2D eigenvalue weighted by Crippen LogP contribution is 2.50. The van der Waals surface area contributed by atoms with Crippen LogP contribution in [0.3, 0.4) is 0 Å². The van der Waals surface area contributed by atoms with E-state index in [1.54, 1.807) is 6.07 Å². The van der Waals surface area contributed by atoms with Crippen LogP contribution in [0, 0.1) is 11.8 Å². The van der Waals surface area contributed by atoms with Crippen LogP contribution in [0.2, 0.25) is 5.02 Å². The summed E-state index contributed by atoms with van der Waals surface area (Å²) in [5, 5.41) is 0.482. The van der Waals surface area contributed by atoms with Gasteiger partial charge >= 0.3 is 5.97 Å². The van der Waals surface area contributed by atoms with Gasteiger partial charge in [-0.15, -0.1) is 0 Å². The minimum absolute atomic E-state index is 0.00806. The Labute approximate surface area is 277 Å². The van der Waals surface area contributed by atoms with Gasteiger partial charge in [-0.3, -0.25) is 9.52 Å². The van der Waals surface area contributed by atoms with Crippen molar-refractivity contribution in [1.82, 2.24) is 4.72 Å². The molecule has 1 amide bonds. The second-order valence-corrected chi connectivity index (χ2v) is 17.0. The third-order valence-corrected chi connectivity index (χ3v) is 13.8. The van der Waals surface area contributed by atoms with Crippen LogP contribution in [-0.4, -0.2) is 65.7 Å². The standard InChI is InChI=1S/C36H45ClN2O6S/c1-3-28-8-4-5-16-36(23-43-20-33(40)45-36)30-12-9-26(30)19-39-21-35(15-6-7-24-17-27(37)11-13-29(24)35)22-44-32-14-10-25(18-31(32)39)34(41)38-46(28,2)42/h10-11,13-14,17-18,26,28,30H,2-9,12,15-16,19-23H2,1H3,(H,38,41,42)/t26-,28+,30+,35-,36-,46?/m0/s1. The van der Waals surface area contributed by atoms with E-state index in [-0.39, 0.29) is 41.0 Å². The number of hydrogen-bond donors (Lipinski definition) is 1. The van der Waals surface area contributed by atoms with Crippen LogP contribution in [0.15, 0.2) is 36.4 Å². The molecule has 2 aliphatic carbocycles. The Hall–Kier alpha value is -2.75. The number of nitrogens with zero attached hydrogens (tertiary/aromatic N) is 1. The van der Waals surface area contributed by atoms with E-state index >= 15 is 0 Å². The molecule has 1 saturated carbocycles. The second-order valence-electron chi connectivity index (χ2n) is 14.2. The lowest BCUT2D eigenvalue weighted by atomic mass is 9.62. The molecule has 1 N–H and O–H groups in total. The molecule has 2 aromatic rings. The van der Waals surface area contributed by atoms with E-state index in [1.807, 2.05) is 25.1 Å². The van der Waals surface area contributed by atoms with Gasteiger partial charge in [-0.05, 0) is 111 Å². The normalized spacial score (nSPS) is 34.7. The summed E-state index contributed by atoms with van der Waals surface area (Å²) in [6.07, 6.45) is 8.60. The van der Waals surface area contributed by atoms with Gasteiger partial charge in [-0.25, -0.2) is 9.00 Å². The maximum Gasteiger partial charge on any atom is 0.332 e. The first-order valence-electron chi connectivity index (χ1n) is 16.9. The van der Waals surface area contributed by atoms with E-state index in [0.29, 0.717) is 38.0 Å². The van der Waals surface area contributed by atoms with Crippen molar-refractivity contribution in [2.24, 2.45) is 11.8 Å². The molecule has 3 heterocycles. The molecule has 5 aliphatic rings. The second kappa shape index (κ2) is 12.4. The summed E-state index contributed by atoms with van der Waals surface area (Å²) >= 11 is 6.45. The molecule has 0 aromatic heterocycles. The molecule has 2 fully saturated rings. The number of halogens is 1. The van der Waals surface area contributed by atoms with Crippen LogP contribution in [0.25, 0.3) is 0 Å². The molecule has 7 rings (SSSR count). The van der Waals surface area contributed by atoms with Crippen LogP contribution in [-0.2, 0) is 35.8 Å². The third kappa shape index (κ3) is 5.81. The summed E-state index contributed by atoms with van der Waals surface area (Å²) in [4.78, 5) is 28.7. The van der Waals surface area contributed by atoms with E-state index < -0.39 is 15.3 Å². The van der Waals surface area contributed by atoms with Crippen LogP contribution < -0.4 is 14.4 Å². The van der Waals surface area contributed by atoms with Crippen molar-refractivity contribution < 1.29 is 28.0 Å². The molecule has 1 unspecified atom stereocenters. The van der Waals surface area contributed by atoms with Gasteiger partial charge in [0.05, 0.1) is 28.6 Å². The molecular formula is C36H45ClN2O6S. The fourth-order valence-electron chi connectivity index (χ4n) is 8.86. The molecule has 2 bridgehead atoms. The highest BCUT2D eigenvalue weighted by Gasteiger charge is 2.53. The minimum Gasteiger partial charge on any atom is -0.490 e. The van der Waals surface area contributed by atoms with E-state index in [0.717, 1.165) is 74.5 Å². The van der Waals surface area contributed by atoms with Crippen molar-refractivity contribution in [2.45, 2.75) is 87.4 Å². The highest BCUT2D eigenvalue weighted by atomic mass is 35.5. The first-order valence-corrected chi connectivity index (χ1v) is 19.1. The molecular weight excluding hydrogens is 624 g/mol. The Morgan fingerprint density at radius 1 is 1.07 bits per heavy atom. The van der Waals surface area contributed by atoms with E-state index in [9.17, 15) is 13.8 Å². The molecule has 1 saturated heterocycles. The predicted molar refractivity (Wildman–Crippen MR) is 181 cm³/mol. The fourth-order valence-corrected chi connectivity index (χ4v) is 10.7. The van der Waals surface area contributed by atoms with Crippen LogP contribution in [0.1, 0.15) is 86.2 Å². The maximum absolute atomic E-state index is 13.8. The van der Waals surface area contributed by atoms with Crippen molar-refractivity contribution >= 4 is 44.7 Å². The van der Waals surface area contributed by atoms with E-state index in [1.165, 1.54) is 11.1 Å². The lowest BCUT2D eigenvalue weighted by Gasteiger charge is -2.52. The summed E-state index contributed by atoms with van der Waals surface area (Å²) < 4.78 is 35.4. The number of carbonyl (C=O) groups is 2. The summed E-state index contributed by atoms with van der Waals surface area (Å²) in [5.74, 6) is 4.52. The van der Waals surface area contributed by atoms with Crippen LogP contribution in [0.4, 0.5) is 5.69 Å². The SMILES string of the molecule is C=S1(=O)NC(=O)c2ccc3c(c2)N(C[C@@H]2CC[C@H]2[C@]2(CCCC[C@H]1CC)COCC(=O)O2)C[C@@]1(CCCc2cc(Cl)ccc21)CO3. The van der Waals surface area contributed by atoms with Gasteiger partial charge in [-0.2, -0.15) is 0 Å². The number of carbonyl (C=O) groups excluding carboxylic acids is 2. The van der Waals surface area contributed by atoms with Crippen molar-refractivity contribution in [3.63, 3.8) is 0 Å². The summed E-state index contributed by atoms with van der Waals surface area (Å²) in [7, 11) is -2.92. The number of amides is 1. The maximum atomic E-state index is 13.8. The Morgan fingerprint density at radius 3 is 2.72 bits per heavy atom. The number of hydrogen-bond acceptors (Lipinski definition) is 7. The Kier molecular flexibility index (Phi) is 8.56. The van der Waals surface area contributed by atoms with Crippen LogP contribution >= 0.6 is 11.6 Å². The van der Waals surface area contributed by atoms with Gasteiger partial charge < -0.3 is 19.1 Å². The zero-order valence-corrected chi connectivity index (χ0v) is 28.3. The summed E-state index contributed by atoms with van der Waals surface area (Å²) in [6.45, 7) is 4.36. The average Bonchev–Trinajstić information content (AvgIpc) is 3.15. The molecule has 2 spiro atoms. The van der Waals surface area contributed by atoms with Gasteiger partial charge in [0.15, 0.2) is 0 Å². The quantitative estimate of drug-likeness (QED) is 0.300. The largest absolute Gasteiger partial charge is 0.490 e. The predicted octanol–water partition coefficient (Wildman–Crippen LogP) is 5.87. The first kappa shape index (κ1) is 31.8. The van der Waals surface area contributed by atoms with Crippen LogP contribution in [0.5, 0.6) is 5.75 Å². The fraction of sp³-hybridized carbons (Fsp3) is 0.583. The zero-order chi connectivity index (χ0) is 32.1. The smallest absolute Gasteiger partial charge is 0.332 e. The number of anilines is 1. The van der Waals surface area contributed by atoms with Gasteiger partial charge in [0.2, 0.25) is 0 Å². The lowest BCUT2D eigenvalue weighted by Crippen LogP contribution is -2.58. The molecule has 3 aliphatic heterocycles. The molecule has 8 nitrogen and oxygen atoms in total. The number of nitrogens with one attached hydrogen (secondary N) is 1. The summed E-state index contributed by atoms with van der Waals surface area (Å²) in [6, 6.07) is 11.8. The third-order valence-electron chi connectivity index (χ3n) is 11.4. The van der Waals surface area contributed by atoms with Gasteiger partial charge in [-0.1, -0.05) is 31.0 Å². The first-order chi connectivity index (χ1) is 22.1. The molecule has 0 radical (unpaired) electrons. The minimum atomic E-state index is -2.92. The van der Waals surface area contributed by atoms with Crippen molar-refractivity contribution in [3.05, 3.63) is 58.1 Å². The molecule has 2 aromatic carbocycles. The topological polar surface area (TPSA) is 94.2 Å². The van der Waals surface area contributed by atoms with Gasteiger partial charge in [0, 0.05) is 40.3 Å². The number of aryl methyl sites for hydroxylation is 1. The number of fused-ring (bicyclic) bond motifs is 5. The number of ether oxygens (including phenoxy) is 3. The Morgan fingerprint density at radius 2 is 1.93 bits per heavy atom. The molecule has 46 heavy (non-hydrogen) atoms. The number of benzene rings is 2. The molecule has 6 atom stereocenters. The van der Waals surface area contributed by atoms with Gasteiger partial charge in [0.1, 0.15) is 18.0 Å². The summed E-state index contributed by atoms with van der Waals surface area (Å²) in [5.41, 5.74) is 2.92. The highest BCUT2D eigenvalue weighted by molar-refractivity contribution is 7.99. The van der Waals surface area contributed by atoms with Gasteiger partial charge in [0.25, 0.3) is 5.91 Å². The Bertz CT molecular complexity index is 1630. The Balaban J connectivity index is 1.31.